The normalized spacial score (nSPS) is 16.2. The first kappa shape index (κ1) is 14.4. The summed E-state index contributed by atoms with van der Waals surface area (Å²) in [5, 5.41) is 14.3. The van der Waals surface area contributed by atoms with Gasteiger partial charge >= 0.3 is 0 Å². The first-order valence-corrected chi connectivity index (χ1v) is 7.62. The number of aliphatic hydroxyl groups is 1. The third-order valence-electron chi connectivity index (χ3n) is 3.77. The molecule has 0 bridgehead atoms. The zero-order valence-electron chi connectivity index (χ0n) is 12.2. The molecule has 3 rings (SSSR count). The molecule has 1 aromatic carbocycles. The van der Waals surface area contributed by atoms with E-state index >= 15 is 0 Å². The number of aliphatic hydroxyl groups excluding tert-OH is 1. The first-order valence-electron chi connectivity index (χ1n) is 7.62. The van der Waals surface area contributed by atoms with Crippen molar-refractivity contribution in [3.63, 3.8) is 0 Å². The maximum absolute atomic E-state index is 9.87. The van der Waals surface area contributed by atoms with Gasteiger partial charge in [-0.1, -0.05) is 24.3 Å². The van der Waals surface area contributed by atoms with Crippen LogP contribution in [0.1, 0.15) is 18.4 Å². The molecule has 2 N–H and O–H groups in total. The van der Waals surface area contributed by atoms with Gasteiger partial charge < -0.3 is 15.2 Å². The van der Waals surface area contributed by atoms with Gasteiger partial charge in [0.2, 0.25) is 0 Å². The molecule has 0 aliphatic heterocycles. The molecule has 0 amide bonds. The standard InChI is InChI=1S/C17H22N2O2/c20-16(12-21-11-13-6-7-13)10-18-9-15-4-1-3-14-5-2-8-19-17(14)15/h1-5,8,13,16,18,20H,6-7,9-12H2. The average molecular weight is 286 g/mol. The molecule has 1 aliphatic carbocycles. The van der Waals surface area contributed by atoms with Gasteiger partial charge in [0.1, 0.15) is 0 Å². The predicted octanol–water partition coefficient (Wildman–Crippen LogP) is 2.11. The van der Waals surface area contributed by atoms with Crippen LogP contribution in [0.2, 0.25) is 0 Å². The Labute approximate surface area is 125 Å². The van der Waals surface area contributed by atoms with Gasteiger partial charge in [-0.25, -0.2) is 0 Å². The van der Waals surface area contributed by atoms with Crippen molar-refractivity contribution >= 4 is 10.9 Å². The maximum Gasteiger partial charge on any atom is 0.0897 e. The number of hydrogen-bond donors (Lipinski definition) is 2. The Morgan fingerprint density at radius 3 is 3.00 bits per heavy atom. The van der Waals surface area contributed by atoms with Gasteiger partial charge in [0.25, 0.3) is 0 Å². The smallest absolute Gasteiger partial charge is 0.0897 e. The van der Waals surface area contributed by atoms with Crippen molar-refractivity contribution in [1.29, 1.82) is 0 Å². The van der Waals surface area contributed by atoms with Crippen molar-refractivity contribution in [3.05, 3.63) is 42.1 Å². The fourth-order valence-corrected chi connectivity index (χ4v) is 2.40. The molecule has 1 heterocycles. The summed E-state index contributed by atoms with van der Waals surface area (Å²) in [5.41, 5.74) is 2.17. The van der Waals surface area contributed by atoms with Crippen molar-refractivity contribution < 1.29 is 9.84 Å². The summed E-state index contributed by atoms with van der Waals surface area (Å²) in [6, 6.07) is 10.2. The number of pyridine rings is 1. The number of aromatic nitrogens is 1. The topological polar surface area (TPSA) is 54.4 Å². The number of nitrogens with zero attached hydrogens (tertiary/aromatic N) is 1. The molecule has 0 saturated heterocycles. The van der Waals surface area contributed by atoms with Crippen LogP contribution in [0.5, 0.6) is 0 Å². The molecule has 4 nitrogen and oxygen atoms in total. The molecule has 1 saturated carbocycles. The van der Waals surface area contributed by atoms with E-state index in [0.29, 0.717) is 19.7 Å². The Morgan fingerprint density at radius 2 is 2.14 bits per heavy atom. The second kappa shape index (κ2) is 6.98. The largest absolute Gasteiger partial charge is 0.389 e. The molecule has 1 atom stereocenters. The number of ether oxygens (including phenoxy) is 1. The highest BCUT2D eigenvalue weighted by Gasteiger charge is 2.21. The summed E-state index contributed by atoms with van der Waals surface area (Å²) in [5.74, 6) is 0.743. The highest BCUT2D eigenvalue weighted by atomic mass is 16.5. The van der Waals surface area contributed by atoms with E-state index in [1.165, 1.54) is 12.8 Å². The van der Waals surface area contributed by atoms with Crippen molar-refractivity contribution in [2.45, 2.75) is 25.5 Å². The second-order valence-electron chi connectivity index (χ2n) is 5.76. The minimum absolute atomic E-state index is 0.414. The molecule has 0 spiro atoms. The van der Waals surface area contributed by atoms with Crippen LogP contribution in [0.15, 0.2) is 36.5 Å². The lowest BCUT2D eigenvalue weighted by atomic mass is 10.1. The predicted molar refractivity (Wildman–Crippen MR) is 83.0 cm³/mol. The second-order valence-corrected chi connectivity index (χ2v) is 5.76. The molecule has 1 aliphatic rings. The Balaban J connectivity index is 1.45. The molecule has 0 radical (unpaired) electrons. The van der Waals surface area contributed by atoms with E-state index in [1.807, 2.05) is 18.3 Å². The van der Waals surface area contributed by atoms with E-state index in [2.05, 4.69) is 28.5 Å². The van der Waals surface area contributed by atoms with Crippen LogP contribution in [-0.4, -0.2) is 36.0 Å². The van der Waals surface area contributed by atoms with E-state index in [0.717, 1.165) is 29.0 Å². The number of fused-ring (bicyclic) bond motifs is 1. The van der Waals surface area contributed by atoms with E-state index in [1.54, 1.807) is 0 Å². The number of rotatable bonds is 8. The Hall–Kier alpha value is -1.49. The molecular weight excluding hydrogens is 264 g/mol. The zero-order valence-corrected chi connectivity index (χ0v) is 12.2. The fraction of sp³-hybridized carbons (Fsp3) is 0.471. The molecule has 21 heavy (non-hydrogen) atoms. The van der Waals surface area contributed by atoms with Gasteiger partial charge in [0.15, 0.2) is 0 Å². The SMILES string of the molecule is OC(CNCc1cccc2cccnc12)COCC1CC1. The van der Waals surface area contributed by atoms with Crippen LogP contribution in [0.25, 0.3) is 10.9 Å². The fourth-order valence-electron chi connectivity index (χ4n) is 2.40. The minimum atomic E-state index is -0.452. The van der Waals surface area contributed by atoms with Crippen molar-refractivity contribution in [2.75, 3.05) is 19.8 Å². The lowest BCUT2D eigenvalue weighted by Crippen LogP contribution is -2.30. The van der Waals surface area contributed by atoms with Crippen molar-refractivity contribution in [2.24, 2.45) is 5.92 Å². The van der Waals surface area contributed by atoms with Gasteiger partial charge in [0.05, 0.1) is 18.2 Å². The van der Waals surface area contributed by atoms with Gasteiger partial charge in [0, 0.05) is 31.3 Å². The van der Waals surface area contributed by atoms with Crippen LogP contribution >= 0.6 is 0 Å². The van der Waals surface area contributed by atoms with Crippen LogP contribution in [0.4, 0.5) is 0 Å². The molecular formula is C17H22N2O2. The van der Waals surface area contributed by atoms with Crippen molar-refractivity contribution in [3.8, 4) is 0 Å². The van der Waals surface area contributed by atoms with Crippen LogP contribution in [0.3, 0.4) is 0 Å². The minimum Gasteiger partial charge on any atom is -0.389 e. The number of para-hydroxylation sites is 1. The van der Waals surface area contributed by atoms with E-state index in [4.69, 9.17) is 4.74 Å². The summed E-state index contributed by atoms with van der Waals surface area (Å²) in [6.07, 6.45) is 3.92. The Morgan fingerprint density at radius 1 is 1.29 bits per heavy atom. The lowest BCUT2D eigenvalue weighted by molar-refractivity contribution is 0.0324. The van der Waals surface area contributed by atoms with Gasteiger partial charge in [-0.2, -0.15) is 0 Å². The van der Waals surface area contributed by atoms with Crippen LogP contribution in [-0.2, 0) is 11.3 Å². The Kier molecular flexibility index (Phi) is 4.80. The summed E-state index contributed by atoms with van der Waals surface area (Å²) in [4.78, 5) is 4.43. The van der Waals surface area contributed by atoms with Gasteiger partial charge in [-0.3, -0.25) is 4.98 Å². The summed E-state index contributed by atoms with van der Waals surface area (Å²) >= 11 is 0. The lowest BCUT2D eigenvalue weighted by Gasteiger charge is -2.13. The summed E-state index contributed by atoms with van der Waals surface area (Å²) in [7, 11) is 0. The molecule has 1 unspecified atom stereocenters. The first-order chi connectivity index (χ1) is 10.3. The van der Waals surface area contributed by atoms with E-state index in [-0.39, 0.29) is 0 Å². The molecule has 2 aromatic rings. The monoisotopic (exact) mass is 286 g/mol. The van der Waals surface area contributed by atoms with Crippen LogP contribution in [0, 0.1) is 5.92 Å². The summed E-state index contributed by atoms with van der Waals surface area (Å²) < 4.78 is 5.49. The van der Waals surface area contributed by atoms with Crippen molar-refractivity contribution in [1.82, 2.24) is 10.3 Å². The highest BCUT2D eigenvalue weighted by Crippen LogP contribution is 2.28. The van der Waals surface area contributed by atoms with Crippen LogP contribution < -0.4 is 5.32 Å². The molecule has 1 fully saturated rings. The van der Waals surface area contributed by atoms with E-state index < -0.39 is 6.10 Å². The Bertz CT molecular complexity index is 579. The quantitative estimate of drug-likeness (QED) is 0.780. The molecule has 4 heteroatoms. The number of hydrogen-bond acceptors (Lipinski definition) is 4. The third-order valence-corrected chi connectivity index (χ3v) is 3.77. The number of benzene rings is 1. The summed E-state index contributed by atoms with van der Waals surface area (Å²) in [6.45, 7) is 2.45. The molecule has 112 valence electrons. The average Bonchev–Trinajstić information content (AvgIpc) is 3.32. The zero-order chi connectivity index (χ0) is 14.5. The van der Waals surface area contributed by atoms with Gasteiger partial charge in [-0.05, 0) is 30.4 Å². The van der Waals surface area contributed by atoms with E-state index in [9.17, 15) is 5.11 Å². The highest BCUT2D eigenvalue weighted by molar-refractivity contribution is 5.81. The molecule has 1 aromatic heterocycles. The third kappa shape index (κ3) is 4.24. The number of nitrogens with one attached hydrogen (secondary N) is 1. The maximum atomic E-state index is 9.87. The van der Waals surface area contributed by atoms with Gasteiger partial charge in [-0.15, -0.1) is 0 Å².